The van der Waals surface area contributed by atoms with E-state index in [4.69, 9.17) is 9.84 Å². The molecular weight excluding hydrogens is 312 g/mol. The summed E-state index contributed by atoms with van der Waals surface area (Å²) in [6, 6.07) is 7.13. The van der Waals surface area contributed by atoms with E-state index in [0.29, 0.717) is 16.7 Å². The molecule has 0 spiro atoms. The summed E-state index contributed by atoms with van der Waals surface area (Å²) in [6.07, 6.45) is 0.278. The van der Waals surface area contributed by atoms with Crippen LogP contribution in [0.4, 0.5) is 0 Å². The van der Waals surface area contributed by atoms with Gasteiger partial charge in [-0.2, -0.15) is 0 Å². The van der Waals surface area contributed by atoms with Crippen LogP contribution in [-0.4, -0.2) is 40.8 Å². The molecule has 2 aromatic rings. The Balaban J connectivity index is 2.76. The molecule has 0 aliphatic heterocycles. The zero-order valence-electron chi connectivity index (χ0n) is 13.4. The summed E-state index contributed by atoms with van der Waals surface area (Å²) >= 11 is 0. The van der Waals surface area contributed by atoms with Crippen LogP contribution in [0, 0.1) is 0 Å². The van der Waals surface area contributed by atoms with Crippen LogP contribution in [0.1, 0.15) is 33.2 Å². The Labute approximate surface area is 138 Å². The van der Waals surface area contributed by atoms with Crippen molar-refractivity contribution < 1.29 is 29.6 Å². The van der Waals surface area contributed by atoms with E-state index in [1.54, 1.807) is 12.1 Å². The van der Waals surface area contributed by atoms with Crippen molar-refractivity contribution in [3.8, 4) is 22.6 Å². The predicted molar refractivity (Wildman–Crippen MR) is 87.8 cm³/mol. The number of rotatable bonds is 6. The van der Waals surface area contributed by atoms with Crippen LogP contribution in [0.2, 0.25) is 0 Å². The minimum absolute atomic E-state index is 0.0574. The lowest BCUT2D eigenvalue weighted by Gasteiger charge is -2.17. The summed E-state index contributed by atoms with van der Waals surface area (Å²) in [5.74, 6) is -2.00. The molecule has 0 bridgehead atoms. The Morgan fingerprint density at radius 1 is 1.12 bits per heavy atom. The number of hydrogen-bond donors (Lipinski definition) is 3. The lowest BCUT2D eigenvalue weighted by molar-refractivity contribution is 0.0696. The van der Waals surface area contributed by atoms with Gasteiger partial charge in [-0.25, -0.2) is 4.79 Å². The molecule has 0 aliphatic rings. The Morgan fingerprint density at radius 3 is 2.42 bits per heavy atom. The highest BCUT2D eigenvalue weighted by atomic mass is 16.5. The van der Waals surface area contributed by atoms with Gasteiger partial charge in [-0.1, -0.05) is 12.1 Å². The van der Waals surface area contributed by atoms with Crippen molar-refractivity contribution in [2.45, 2.75) is 13.3 Å². The largest absolute Gasteiger partial charge is 0.507 e. The molecule has 6 heteroatoms. The van der Waals surface area contributed by atoms with Crippen molar-refractivity contribution in [3.63, 3.8) is 0 Å². The second kappa shape index (κ2) is 7.14. The third-order valence-electron chi connectivity index (χ3n) is 3.70. The monoisotopic (exact) mass is 330 g/mol. The number of carboxylic acid groups (broad SMARTS) is 1. The minimum Gasteiger partial charge on any atom is -0.507 e. The van der Waals surface area contributed by atoms with E-state index in [-0.39, 0.29) is 41.4 Å². The number of carbonyl (C=O) groups excluding carboxylic acids is 1. The van der Waals surface area contributed by atoms with E-state index in [1.165, 1.54) is 26.2 Å². The number of carboxylic acids is 1. The van der Waals surface area contributed by atoms with Gasteiger partial charge in [0.15, 0.2) is 5.78 Å². The molecule has 0 unspecified atom stereocenters. The molecule has 0 aliphatic carbocycles. The third kappa shape index (κ3) is 3.38. The molecule has 0 aromatic heterocycles. The molecule has 0 amide bonds. The van der Waals surface area contributed by atoms with E-state index in [1.807, 2.05) is 0 Å². The van der Waals surface area contributed by atoms with E-state index in [2.05, 4.69) is 0 Å². The van der Waals surface area contributed by atoms with Crippen molar-refractivity contribution in [2.24, 2.45) is 0 Å². The Bertz CT molecular complexity index is 794. The number of Topliss-reactive ketones (excluding diaryl/α,β-unsaturated/α-hetero) is 1. The number of ketones is 1. The van der Waals surface area contributed by atoms with E-state index >= 15 is 0 Å². The Hall–Kier alpha value is -2.86. The van der Waals surface area contributed by atoms with Gasteiger partial charge in [-0.05, 0) is 36.6 Å². The smallest absolute Gasteiger partial charge is 0.335 e. The molecule has 3 N–H and O–H groups in total. The SMILES string of the molecule is COCCc1c(C(C)=O)c(O)cc(O)c1-c1cccc(C(=O)O)c1. The van der Waals surface area contributed by atoms with Crippen LogP contribution in [0.25, 0.3) is 11.1 Å². The standard InChI is InChI=1S/C18H18O6/c1-10(19)16-13(6-7-24-2)17(15(21)9-14(16)20)11-4-3-5-12(8-11)18(22)23/h3-5,8-9,20-21H,6-7H2,1-2H3,(H,22,23). The third-order valence-corrected chi connectivity index (χ3v) is 3.70. The first-order valence-electron chi connectivity index (χ1n) is 7.28. The van der Waals surface area contributed by atoms with Crippen LogP contribution in [0.15, 0.2) is 30.3 Å². The molecule has 6 nitrogen and oxygen atoms in total. The topological polar surface area (TPSA) is 104 Å². The summed E-state index contributed by atoms with van der Waals surface area (Å²) in [5, 5.41) is 29.5. The highest BCUT2D eigenvalue weighted by Crippen LogP contribution is 2.40. The summed E-state index contributed by atoms with van der Waals surface area (Å²) in [5.41, 5.74) is 1.34. The fourth-order valence-corrected chi connectivity index (χ4v) is 2.68. The maximum Gasteiger partial charge on any atom is 0.335 e. The number of hydrogen-bond acceptors (Lipinski definition) is 5. The molecule has 126 valence electrons. The average molecular weight is 330 g/mol. The van der Waals surface area contributed by atoms with Crippen LogP contribution >= 0.6 is 0 Å². The minimum atomic E-state index is -1.10. The van der Waals surface area contributed by atoms with Gasteiger partial charge in [0.2, 0.25) is 0 Å². The molecule has 24 heavy (non-hydrogen) atoms. The van der Waals surface area contributed by atoms with Crippen molar-refractivity contribution in [3.05, 3.63) is 47.0 Å². The van der Waals surface area contributed by atoms with E-state index in [9.17, 15) is 19.8 Å². The van der Waals surface area contributed by atoms with Crippen molar-refractivity contribution in [1.29, 1.82) is 0 Å². The van der Waals surface area contributed by atoms with E-state index in [0.717, 1.165) is 6.07 Å². The first kappa shape index (κ1) is 17.5. The van der Waals surface area contributed by atoms with Crippen LogP contribution < -0.4 is 0 Å². The lowest BCUT2D eigenvalue weighted by atomic mass is 9.89. The molecule has 0 fully saturated rings. The summed E-state index contributed by atoms with van der Waals surface area (Å²) in [7, 11) is 1.50. The number of aromatic hydroxyl groups is 2. The number of phenolic OH excluding ortho intramolecular Hbond substituents is 2. The normalized spacial score (nSPS) is 10.6. The first-order chi connectivity index (χ1) is 11.4. The van der Waals surface area contributed by atoms with Gasteiger partial charge >= 0.3 is 5.97 Å². The highest BCUT2D eigenvalue weighted by Gasteiger charge is 2.22. The maximum atomic E-state index is 11.9. The highest BCUT2D eigenvalue weighted by molar-refractivity contribution is 6.01. The zero-order valence-corrected chi connectivity index (χ0v) is 13.4. The van der Waals surface area contributed by atoms with Gasteiger partial charge in [0.25, 0.3) is 0 Å². The number of methoxy groups -OCH3 is 1. The fraction of sp³-hybridized carbons (Fsp3) is 0.222. The molecule has 0 atom stereocenters. The Kier molecular flexibility index (Phi) is 5.21. The summed E-state index contributed by atoms with van der Waals surface area (Å²) in [4.78, 5) is 23.1. The Morgan fingerprint density at radius 2 is 1.83 bits per heavy atom. The fourth-order valence-electron chi connectivity index (χ4n) is 2.68. The average Bonchev–Trinajstić information content (AvgIpc) is 2.52. The molecule has 2 rings (SSSR count). The second-order valence-corrected chi connectivity index (χ2v) is 5.33. The maximum absolute atomic E-state index is 11.9. The lowest BCUT2D eigenvalue weighted by Crippen LogP contribution is -2.07. The van der Waals surface area contributed by atoms with Gasteiger partial charge in [0.1, 0.15) is 11.5 Å². The molecule has 0 saturated carbocycles. The number of benzene rings is 2. The van der Waals surface area contributed by atoms with Crippen LogP contribution in [0.5, 0.6) is 11.5 Å². The second-order valence-electron chi connectivity index (χ2n) is 5.33. The quantitative estimate of drug-likeness (QED) is 0.704. The van der Waals surface area contributed by atoms with Crippen molar-refractivity contribution in [2.75, 3.05) is 13.7 Å². The number of ether oxygens (including phenoxy) is 1. The summed E-state index contributed by atoms with van der Waals surface area (Å²) in [6.45, 7) is 1.59. The number of aromatic carboxylic acids is 1. The van der Waals surface area contributed by atoms with Crippen molar-refractivity contribution in [1.82, 2.24) is 0 Å². The first-order valence-corrected chi connectivity index (χ1v) is 7.28. The van der Waals surface area contributed by atoms with Crippen LogP contribution in [0.3, 0.4) is 0 Å². The van der Waals surface area contributed by atoms with E-state index < -0.39 is 5.97 Å². The molecule has 2 aromatic carbocycles. The zero-order chi connectivity index (χ0) is 17.9. The van der Waals surface area contributed by atoms with Gasteiger partial charge in [-0.3, -0.25) is 4.79 Å². The van der Waals surface area contributed by atoms with Gasteiger partial charge in [0, 0.05) is 18.7 Å². The molecule has 0 heterocycles. The van der Waals surface area contributed by atoms with Gasteiger partial charge < -0.3 is 20.1 Å². The predicted octanol–water partition coefficient (Wildman–Crippen LogP) is 2.85. The molecular formula is C18H18O6. The molecule has 0 saturated heterocycles. The van der Waals surface area contributed by atoms with Gasteiger partial charge in [-0.15, -0.1) is 0 Å². The van der Waals surface area contributed by atoms with Gasteiger partial charge in [0.05, 0.1) is 17.7 Å². The summed E-state index contributed by atoms with van der Waals surface area (Å²) < 4.78 is 5.04. The molecule has 0 radical (unpaired) electrons. The van der Waals surface area contributed by atoms with Crippen molar-refractivity contribution >= 4 is 11.8 Å². The number of carbonyl (C=O) groups is 2. The van der Waals surface area contributed by atoms with Crippen LogP contribution in [-0.2, 0) is 11.2 Å². The number of phenols is 2.